The summed E-state index contributed by atoms with van der Waals surface area (Å²) in [6.45, 7) is 6.61. The maximum Gasteiger partial charge on any atom is 0.303 e. The smallest absolute Gasteiger partial charge is 0.303 e. The van der Waals surface area contributed by atoms with E-state index in [4.69, 9.17) is 5.11 Å². The highest BCUT2D eigenvalue weighted by molar-refractivity contribution is 5.92. The zero-order valence-corrected chi connectivity index (χ0v) is 17.7. The molecule has 4 aliphatic rings. The lowest BCUT2D eigenvalue weighted by Gasteiger charge is -2.59. The molecular formula is C24H36O4. The topological polar surface area (TPSA) is 71.4 Å². The van der Waals surface area contributed by atoms with Crippen LogP contribution in [0.1, 0.15) is 85.0 Å². The molecule has 156 valence electrons. The van der Waals surface area contributed by atoms with Crippen LogP contribution in [0, 0.1) is 46.3 Å². The van der Waals surface area contributed by atoms with E-state index >= 15 is 0 Å². The second-order valence-electron chi connectivity index (χ2n) is 10.9. The molecular weight excluding hydrogens is 352 g/mol. The van der Waals surface area contributed by atoms with Crippen molar-refractivity contribution in [2.45, 2.75) is 85.0 Å². The first-order valence-corrected chi connectivity index (χ1v) is 11.5. The Hall–Kier alpha value is -1.19. The molecule has 0 aromatic rings. The monoisotopic (exact) mass is 388 g/mol. The van der Waals surface area contributed by atoms with E-state index in [2.05, 4.69) is 20.8 Å². The second-order valence-corrected chi connectivity index (χ2v) is 10.9. The first kappa shape index (κ1) is 20.1. The molecule has 0 bridgehead atoms. The third-order valence-electron chi connectivity index (χ3n) is 9.82. The van der Waals surface area contributed by atoms with Crippen molar-refractivity contribution in [3.63, 3.8) is 0 Å². The first-order chi connectivity index (χ1) is 13.2. The maximum atomic E-state index is 13.6. The molecule has 0 heterocycles. The molecule has 0 radical (unpaired) electrons. The molecule has 4 saturated carbocycles. The summed E-state index contributed by atoms with van der Waals surface area (Å²) >= 11 is 0. The van der Waals surface area contributed by atoms with Crippen LogP contribution in [0.4, 0.5) is 0 Å². The zero-order chi connectivity index (χ0) is 20.3. The number of carboxylic acids is 1. The van der Waals surface area contributed by atoms with E-state index in [-0.39, 0.29) is 41.4 Å². The third kappa shape index (κ3) is 2.81. The summed E-state index contributed by atoms with van der Waals surface area (Å²) < 4.78 is 0. The number of carboxylic acid groups (broad SMARTS) is 1. The first-order valence-electron chi connectivity index (χ1n) is 11.5. The van der Waals surface area contributed by atoms with Gasteiger partial charge in [0, 0.05) is 30.6 Å². The Bertz CT molecular complexity index is 684. The van der Waals surface area contributed by atoms with Crippen molar-refractivity contribution in [1.82, 2.24) is 0 Å². The van der Waals surface area contributed by atoms with Crippen LogP contribution in [0.2, 0.25) is 0 Å². The Labute approximate surface area is 168 Å². The van der Waals surface area contributed by atoms with Crippen LogP contribution in [0.3, 0.4) is 0 Å². The maximum absolute atomic E-state index is 13.6. The Balaban J connectivity index is 1.63. The van der Waals surface area contributed by atoms with Gasteiger partial charge in [0.15, 0.2) is 0 Å². The van der Waals surface area contributed by atoms with Crippen LogP contribution in [-0.2, 0) is 14.4 Å². The highest BCUT2D eigenvalue weighted by atomic mass is 16.4. The van der Waals surface area contributed by atoms with Gasteiger partial charge in [0.1, 0.15) is 11.6 Å². The standard InChI is InChI=1S/C24H36O4/c1-14(7-10-21(27)28)16-8-9-17-22-18(13-20(26)24(16,17)3)23(2)11-5-4-6-15(23)12-19(22)25/h14-18,22H,4-13H2,1-3H3,(H,27,28)/t14-,15-,16+,17?,18?,22?,23-,24+/m0/s1. The summed E-state index contributed by atoms with van der Waals surface area (Å²) in [4.78, 5) is 38.0. The van der Waals surface area contributed by atoms with Crippen LogP contribution in [0.5, 0.6) is 0 Å². The number of fused-ring (bicyclic) bond motifs is 5. The van der Waals surface area contributed by atoms with Gasteiger partial charge >= 0.3 is 5.97 Å². The number of hydrogen-bond donors (Lipinski definition) is 1. The summed E-state index contributed by atoms with van der Waals surface area (Å²) in [5.74, 6) is 1.39. The minimum atomic E-state index is -0.764. The summed E-state index contributed by atoms with van der Waals surface area (Å²) in [5, 5.41) is 9.07. The van der Waals surface area contributed by atoms with E-state index in [1.807, 2.05) is 0 Å². The molecule has 0 aliphatic heterocycles. The quantitative estimate of drug-likeness (QED) is 0.744. The van der Waals surface area contributed by atoms with Gasteiger partial charge in [-0.05, 0) is 67.1 Å². The number of aliphatic carboxylic acids is 1. The lowest BCUT2D eigenvalue weighted by molar-refractivity contribution is -0.165. The molecule has 4 nitrogen and oxygen atoms in total. The fourth-order valence-corrected chi connectivity index (χ4v) is 8.18. The largest absolute Gasteiger partial charge is 0.481 e. The van der Waals surface area contributed by atoms with Crippen molar-refractivity contribution >= 4 is 17.5 Å². The zero-order valence-electron chi connectivity index (χ0n) is 17.7. The Morgan fingerprint density at radius 2 is 1.86 bits per heavy atom. The number of hydrogen-bond acceptors (Lipinski definition) is 3. The van der Waals surface area contributed by atoms with E-state index < -0.39 is 11.4 Å². The van der Waals surface area contributed by atoms with Crippen LogP contribution in [0.15, 0.2) is 0 Å². The van der Waals surface area contributed by atoms with E-state index in [0.29, 0.717) is 30.3 Å². The molecule has 1 N–H and O–H groups in total. The van der Waals surface area contributed by atoms with Gasteiger partial charge in [-0.1, -0.05) is 33.6 Å². The third-order valence-corrected chi connectivity index (χ3v) is 9.82. The molecule has 4 fully saturated rings. The van der Waals surface area contributed by atoms with Crippen LogP contribution in [0.25, 0.3) is 0 Å². The van der Waals surface area contributed by atoms with Crippen molar-refractivity contribution in [2.75, 3.05) is 0 Å². The molecule has 0 spiro atoms. The Morgan fingerprint density at radius 1 is 1.11 bits per heavy atom. The average Bonchev–Trinajstić information content (AvgIpc) is 3.00. The van der Waals surface area contributed by atoms with Crippen molar-refractivity contribution in [1.29, 1.82) is 0 Å². The van der Waals surface area contributed by atoms with Crippen LogP contribution >= 0.6 is 0 Å². The lowest BCUT2D eigenvalue weighted by Crippen LogP contribution is -2.59. The number of carbonyl (C=O) groups excluding carboxylic acids is 2. The summed E-state index contributed by atoms with van der Waals surface area (Å²) in [7, 11) is 0. The fourth-order valence-electron chi connectivity index (χ4n) is 8.18. The van der Waals surface area contributed by atoms with Crippen molar-refractivity contribution < 1.29 is 19.5 Å². The minimum Gasteiger partial charge on any atom is -0.481 e. The van der Waals surface area contributed by atoms with Gasteiger partial charge < -0.3 is 5.11 Å². The Morgan fingerprint density at radius 3 is 2.57 bits per heavy atom. The summed E-state index contributed by atoms with van der Waals surface area (Å²) in [6.07, 6.45) is 8.77. The number of Topliss-reactive ketones (excluding diaryl/α,β-unsaturated/α-hetero) is 2. The normalized spacial score (nSPS) is 46.5. The number of rotatable bonds is 4. The molecule has 28 heavy (non-hydrogen) atoms. The molecule has 0 saturated heterocycles. The fraction of sp³-hybridized carbons (Fsp3) is 0.875. The second kappa shape index (κ2) is 6.95. The highest BCUT2D eigenvalue weighted by Crippen LogP contribution is 2.66. The van der Waals surface area contributed by atoms with Crippen LogP contribution < -0.4 is 0 Å². The average molecular weight is 389 g/mol. The molecule has 0 aromatic carbocycles. The lowest BCUT2D eigenvalue weighted by atomic mass is 9.44. The molecule has 3 unspecified atom stereocenters. The van der Waals surface area contributed by atoms with Crippen LogP contribution in [-0.4, -0.2) is 22.6 Å². The summed E-state index contributed by atoms with van der Waals surface area (Å²) in [6, 6.07) is 0. The van der Waals surface area contributed by atoms with Gasteiger partial charge in [0.25, 0.3) is 0 Å². The molecule has 4 aliphatic carbocycles. The van der Waals surface area contributed by atoms with E-state index in [1.165, 1.54) is 19.3 Å². The van der Waals surface area contributed by atoms with Crippen molar-refractivity contribution in [3.05, 3.63) is 0 Å². The van der Waals surface area contributed by atoms with Crippen molar-refractivity contribution in [3.8, 4) is 0 Å². The molecule has 8 atom stereocenters. The van der Waals surface area contributed by atoms with Gasteiger partial charge in [-0.3, -0.25) is 14.4 Å². The molecule has 0 amide bonds. The highest BCUT2D eigenvalue weighted by Gasteiger charge is 2.65. The number of carbonyl (C=O) groups is 3. The van der Waals surface area contributed by atoms with Crippen molar-refractivity contribution in [2.24, 2.45) is 46.3 Å². The summed E-state index contributed by atoms with van der Waals surface area (Å²) in [5.41, 5.74) is -0.284. The van der Waals surface area contributed by atoms with Gasteiger partial charge in [0.05, 0.1) is 0 Å². The number of ketones is 2. The predicted molar refractivity (Wildman–Crippen MR) is 107 cm³/mol. The van der Waals surface area contributed by atoms with Gasteiger partial charge in [-0.15, -0.1) is 0 Å². The van der Waals surface area contributed by atoms with E-state index in [1.54, 1.807) is 0 Å². The van der Waals surface area contributed by atoms with Gasteiger partial charge in [0.2, 0.25) is 0 Å². The van der Waals surface area contributed by atoms with Gasteiger partial charge in [-0.25, -0.2) is 0 Å². The van der Waals surface area contributed by atoms with E-state index in [9.17, 15) is 14.4 Å². The SMILES string of the molecule is C[C@@H](CCC(=O)O)[C@H]1CCC2C3C(=O)C[C@@H]4CCCC[C@]4(C)C3CC(=O)[C@@]21C. The van der Waals surface area contributed by atoms with E-state index in [0.717, 1.165) is 25.7 Å². The molecule has 4 rings (SSSR count). The molecule has 0 aromatic heterocycles. The van der Waals surface area contributed by atoms with Gasteiger partial charge in [-0.2, -0.15) is 0 Å². The Kier molecular flexibility index (Phi) is 4.99. The minimum absolute atomic E-state index is 0.0544. The predicted octanol–water partition coefficient (Wildman–Crippen LogP) is 4.89. The molecule has 4 heteroatoms.